The number of nitrogens with two attached hydrogens (primary N) is 1. The molecular weight excluding hydrogens is 259 g/mol. The minimum atomic E-state index is -0.475. The summed E-state index contributed by atoms with van der Waals surface area (Å²) in [6, 6.07) is 0. The first-order chi connectivity index (χ1) is 8.65. The van der Waals surface area contributed by atoms with Gasteiger partial charge in [-0.1, -0.05) is 0 Å². The predicted octanol–water partition coefficient (Wildman–Crippen LogP) is 2.29. The van der Waals surface area contributed by atoms with Crippen molar-refractivity contribution in [2.45, 2.75) is 13.3 Å². The van der Waals surface area contributed by atoms with Crippen molar-refractivity contribution in [2.24, 2.45) is 0 Å². The first-order valence-electron chi connectivity index (χ1n) is 5.58. The van der Waals surface area contributed by atoms with Crippen LogP contribution in [-0.4, -0.2) is 32.9 Å². The summed E-state index contributed by atoms with van der Waals surface area (Å²) < 4.78 is 22.1. The summed E-state index contributed by atoms with van der Waals surface area (Å²) in [6.07, 6.45) is 0.385. The fraction of sp³-hybridized carbons (Fsp3) is 0.545. The SMILES string of the molecule is CCOC(=O)c1sc(NCCCF)c(OC)c1N. The Kier molecular flexibility index (Phi) is 5.70. The second-order valence-electron chi connectivity index (χ2n) is 3.40. The van der Waals surface area contributed by atoms with Gasteiger partial charge in [0, 0.05) is 6.54 Å². The summed E-state index contributed by atoms with van der Waals surface area (Å²) >= 11 is 1.15. The van der Waals surface area contributed by atoms with E-state index in [4.69, 9.17) is 15.2 Å². The van der Waals surface area contributed by atoms with E-state index in [-0.39, 0.29) is 12.3 Å². The molecule has 0 aliphatic rings. The first kappa shape index (κ1) is 14.6. The van der Waals surface area contributed by atoms with Crippen molar-refractivity contribution in [2.75, 3.05) is 38.0 Å². The Labute approximate surface area is 109 Å². The zero-order valence-corrected chi connectivity index (χ0v) is 11.2. The molecule has 7 heteroatoms. The van der Waals surface area contributed by atoms with Gasteiger partial charge in [-0.3, -0.25) is 4.39 Å². The van der Waals surface area contributed by atoms with Gasteiger partial charge in [-0.2, -0.15) is 0 Å². The van der Waals surface area contributed by atoms with Crippen LogP contribution in [-0.2, 0) is 4.74 Å². The Morgan fingerprint density at radius 3 is 2.83 bits per heavy atom. The van der Waals surface area contributed by atoms with Crippen LogP contribution >= 0.6 is 11.3 Å². The van der Waals surface area contributed by atoms with Crippen molar-refractivity contribution in [1.29, 1.82) is 0 Å². The molecule has 0 aliphatic heterocycles. The zero-order valence-electron chi connectivity index (χ0n) is 10.4. The molecular formula is C11H17FN2O3S. The molecule has 0 spiro atoms. The van der Waals surface area contributed by atoms with E-state index >= 15 is 0 Å². The van der Waals surface area contributed by atoms with Gasteiger partial charge in [-0.25, -0.2) is 4.79 Å². The van der Waals surface area contributed by atoms with E-state index in [1.54, 1.807) is 6.92 Å². The molecule has 1 rings (SSSR count). The number of nitrogens with one attached hydrogen (secondary N) is 1. The minimum absolute atomic E-state index is 0.253. The molecule has 3 N–H and O–H groups in total. The van der Waals surface area contributed by atoms with Crippen LogP contribution in [0.2, 0.25) is 0 Å². The summed E-state index contributed by atoms with van der Waals surface area (Å²) in [7, 11) is 1.47. The van der Waals surface area contributed by atoms with E-state index in [2.05, 4.69) is 5.32 Å². The van der Waals surface area contributed by atoms with Crippen molar-refractivity contribution < 1.29 is 18.7 Å². The fourth-order valence-electron chi connectivity index (χ4n) is 1.36. The van der Waals surface area contributed by atoms with E-state index in [0.29, 0.717) is 28.6 Å². The Balaban J connectivity index is 2.90. The lowest BCUT2D eigenvalue weighted by atomic mass is 10.3. The number of hydrogen-bond donors (Lipinski definition) is 2. The second-order valence-corrected chi connectivity index (χ2v) is 4.42. The van der Waals surface area contributed by atoms with Crippen LogP contribution in [0.15, 0.2) is 0 Å². The highest BCUT2D eigenvalue weighted by molar-refractivity contribution is 7.19. The zero-order chi connectivity index (χ0) is 13.5. The molecule has 102 valence electrons. The number of hydrogen-bond acceptors (Lipinski definition) is 6. The fourth-order valence-corrected chi connectivity index (χ4v) is 2.37. The third kappa shape index (κ3) is 3.25. The maximum absolute atomic E-state index is 12.0. The van der Waals surface area contributed by atoms with E-state index < -0.39 is 12.6 Å². The third-order valence-corrected chi connectivity index (χ3v) is 3.29. The lowest BCUT2D eigenvalue weighted by Crippen LogP contribution is -2.05. The van der Waals surface area contributed by atoms with Crippen molar-refractivity contribution in [3.05, 3.63) is 4.88 Å². The van der Waals surface area contributed by atoms with Crippen molar-refractivity contribution >= 4 is 28.0 Å². The molecule has 0 aromatic carbocycles. The van der Waals surface area contributed by atoms with Crippen LogP contribution in [0.4, 0.5) is 15.1 Å². The third-order valence-electron chi connectivity index (χ3n) is 2.16. The summed E-state index contributed by atoms with van der Waals surface area (Å²) in [5.41, 5.74) is 6.07. The number of thiophene rings is 1. The lowest BCUT2D eigenvalue weighted by Gasteiger charge is -2.05. The monoisotopic (exact) mass is 276 g/mol. The Hall–Kier alpha value is -1.50. The van der Waals surface area contributed by atoms with Gasteiger partial charge in [0.25, 0.3) is 0 Å². The number of alkyl halides is 1. The molecule has 0 bridgehead atoms. The molecule has 0 radical (unpaired) electrons. The highest BCUT2D eigenvalue weighted by Crippen LogP contribution is 2.42. The average Bonchev–Trinajstić information content (AvgIpc) is 2.66. The topological polar surface area (TPSA) is 73.6 Å². The van der Waals surface area contributed by atoms with E-state index in [9.17, 15) is 9.18 Å². The molecule has 1 heterocycles. The van der Waals surface area contributed by atoms with Gasteiger partial charge in [-0.15, -0.1) is 11.3 Å². The van der Waals surface area contributed by atoms with Crippen LogP contribution in [0.3, 0.4) is 0 Å². The van der Waals surface area contributed by atoms with Crippen LogP contribution in [0.25, 0.3) is 0 Å². The smallest absolute Gasteiger partial charge is 0.350 e. The Morgan fingerprint density at radius 1 is 1.56 bits per heavy atom. The number of esters is 1. The number of carbonyl (C=O) groups is 1. The van der Waals surface area contributed by atoms with Gasteiger partial charge in [0.15, 0.2) is 5.75 Å². The van der Waals surface area contributed by atoms with Crippen LogP contribution in [0.1, 0.15) is 23.0 Å². The Morgan fingerprint density at radius 2 is 2.28 bits per heavy atom. The predicted molar refractivity (Wildman–Crippen MR) is 70.3 cm³/mol. The number of carbonyl (C=O) groups excluding carboxylic acids is 1. The standard InChI is InChI=1S/C11H17FN2O3S/c1-3-17-11(15)9-7(13)8(16-2)10(18-9)14-6-4-5-12/h14H,3-6,13H2,1-2H3. The Bertz CT molecular complexity index is 409. The molecule has 0 fully saturated rings. The first-order valence-corrected chi connectivity index (χ1v) is 6.40. The van der Waals surface area contributed by atoms with Crippen molar-refractivity contribution in [1.82, 2.24) is 0 Å². The molecule has 1 aromatic rings. The van der Waals surface area contributed by atoms with Gasteiger partial charge in [0.1, 0.15) is 15.6 Å². The van der Waals surface area contributed by atoms with Crippen molar-refractivity contribution in [3.8, 4) is 5.75 Å². The molecule has 0 atom stereocenters. The average molecular weight is 276 g/mol. The highest BCUT2D eigenvalue weighted by atomic mass is 32.1. The quantitative estimate of drug-likeness (QED) is 0.590. The summed E-state index contributed by atoms with van der Waals surface area (Å²) in [5.74, 6) is -0.0706. The van der Waals surface area contributed by atoms with Gasteiger partial charge >= 0.3 is 5.97 Å². The maximum Gasteiger partial charge on any atom is 0.350 e. The molecule has 0 aliphatic carbocycles. The van der Waals surface area contributed by atoms with Gasteiger partial charge < -0.3 is 20.5 Å². The van der Waals surface area contributed by atoms with E-state index in [1.165, 1.54) is 7.11 Å². The van der Waals surface area contributed by atoms with Gasteiger partial charge in [0.05, 0.1) is 20.4 Å². The molecule has 0 saturated heterocycles. The summed E-state index contributed by atoms with van der Waals surface area (Å²) in [4.78, 5) is 11.9. The van der Waals surface area contributed by atoms with E-state index in [1.807, 2.05) is 0 Å². The molecule has 5 nitrogen and oxygen atoms in total. The normalized spacial score (nSPS) is 10.2. The molecule has 0 amide bonds. The molecule has 0 unspecified atom stereocenters. The maximum atomic E-state index is 12.0. The van der Waals surface area contributed by atoms with Crippen LogP contribution < -0.4 is 15.8 Å². The number of ether oxygens (including phenoxy) is 2. The van der Waals surface area contributed by atoms with Crippen LogP contribution in [0, 0.1) is 0 Å². The van der Waals surface area contributed by atoms with E-state index in [0.717, 1.165) is 11.3 Å². The van der Waals surface area contributed by atoms with Gasteiger partial charge in [-0.05, 0) is 13.3 Å². The molecule has 0 saturated carbocycles. The van der Waals surface area contributed by atoms with Crippen LogP contribution in [0.5, 0.6) is 5.75 Å². The largest absolute Gasteiger partial charge is 0.492 e. The number of anilines is 2. The minimum Gasteiger partial charge on any atom is -0.492 e. The number of halogens is 1. The number of nitrogen functional groups attached to an aromatic ring is 1. The summed E-state index contributed by atoms with van der Waals surface area (Å²) in [6.45, 7) is 2.05. The molecule has 1 aromatic heterocycles. The highest BCUT2D eigenvalue weighted by Gasteiger charge is 2.22. The van der Waals surface area contributed by atoms with Crippen molar-refractivity contribution in [3.63, 3.8) is 0 Å². The second kappa shape index (κ2) is 7.05. The molecule has 18 heavy (non-hydrogen) atoms. The lowest BCUT2D eigenvalue weighted by molar-refractivity contribution is 0.0533. The number of methoxy groups -OCH3 is 1. The number of rotatable bonds is 7. The van der Waals surface area contributed by atoms with Gasteiger partial charge in [0.2, 0.25) is 0 Å². The summed E-state index contributed by atoms with van der Waals surface area (Å²) in [5, 5.41) is 3.61.